The third kappa shape index (κ3) is 4.36. The summed E-state index contributed by atoms with van der Waals surface area (Å²) >= 11 is 6.91. The molecule has 3 aromatic carbocycles. The molecule has 5 nitrogen and oxygen atoms in total. The van der Waals surface area contributed by atoms with Gasteiger partial charge in [0.25, 0.3) is 5.91 Å². The quantitative estimate of drug-likeness (QED) is 0.235. The van der Waals surface area contributed by atoms with E-state index >= 15 is 0 Å². The lowest BCUT2D eigenvalue weighted by Gasteiger charge is -2.14. The number of thiocarbonyl (C=S) groups is 1. The van der Waals surface area contributed by atoms with Crippen LogP contribution in [0.15, 0.2) is 90.0 Å². The van der Waals surface area contributed by atoms with Crippen molar-refractivity contribution in [3.63, 3.8) is 0 Å². The maximum Gasteiger partial charge on any atom is 0.266 e. The second kappa shape index (κ2) is 9.41. The summed E-state index contributed by atoms with van der Waals surface area (Å²) < 4.78 is 8.32. The molecule has 7 heteroatoms. The van der Waals surface area contributed by atoms with Crippen LogP contribution in [0.3, 0.4) is 0 Å². The Labute approximate surface area is 219 Å². The van der Waals surface area contributed by atoms with Gasteiger partial charge in [0.05, 0.1) is 17.1 Å². The summed E-state index contributed by atoms with van der Waals surface area (Å²) in [5, 5.41) is 4.93. The SMILES string of the molecule is C[C@H]1Cc2cc(-c3nn(-c4ccccc4)cc3/C=C3\SC(=S)N(Cc4ccccc4)C3=O)ccc2O1. The van der Waals surface area contributed by atoms with Gasteiger partial charge in [0.15, 0.2) is 0 Å². The summed E-state index contributed by atoms with van der Waals surface area (Å²) in [6.45, 7) is 2.54. The van der Waals surface area contributed by atoms with Crippen molar-refractivity contribution < 1.29 is 9.53 Å². The number of hydrogen-bond donors (Lipinski definition) is 0. The van der Waals surface area contributed by atoms with Crippen molar-refractivity contribution in [2.45, 2.75) is 26.0 Å². The minimum atomic E-state index is -0.0801. The molecule has 1 atom stereocenters. The van der Waals surface area contributed by atoms with Crippen molar-refractivity contribution >= 4 is 40.3 Å². The number of thioether (sulfide) groups is 1. The van der Waals surface area contributed by atoms with Crippen molar-refractivity contribution in [1.82, 2.24) is 14.7 Å². The number of rotatable bonds is 5. The first kappa shape index (κ1) is 22.8. The first-order chi connectivity index (χ1) is 17.5. The summed E-state index contributed by atoms with van der Waals surface area (Å²) in [6.07, 6.45) is 4.93. The number of fused-ring (bicyclic) bond motifs is 1. The van der Waals surface area contributed by atoms with Crippen molar-refractivity contribution in [3.8, 4) is 22.7 Å². The van der Waals surface area contributed by atoms with Crippen molar-refractivity contribution in [2.75, 3.05) is 0 Å². The van der Waals surface area contributed by atoms with Crippen molar-refractivity contribution in [2.24, 2.45) is 0 Å². The van der Waals surface area contributed by atoms with E-state index in [0.717, 1.165) is 40.2 Å². The highest BCUT2D eigenvalue weighted by atomic mass is 32.2. The molecule has 0 radical (unpaired) electrons. The first-order valence-corrected chi connectivity index (χ1v) is 13.0. The molecule has 36 heavy (non-hydrogen) atoms. The zero-order chi connectivity index (χ0) is 24.6. The molecule has 1 saturated heterocycles. The van der Waals surface area contributed by atoms with Gasteiger partial charge < -0.3 is 4.74 Å². The van der Waals surface area contributed by atoms with Gasteiger partial charge in [-0.15, -0.1) is 0 Å². The van der Waals surface area contributed by atoms with Gasteiger partial charge in [-0.1, -0.05) is 72.5 Å². The summed E-state index contributed by atoms with van der Waals surface area (Å²) in [5.74, 6) is 0.848. The van der Waals surface area contributed by atoms with E-state index in [0.29, 0.717) is 15.8 Å². The average Bonchev–Trinajstić information content (AvgIpc) is 3.56. The van der Waals surface area contributed by atoms with E-state index in [-0.39, 0.29) is 12.0 Å². The van der Waals surface area contributed by atoms with Gasteiger partial charge in [-0.2, -0.15) is 5.10 Å². The highest BCUT2D eigenvalue weighted by molar-refractivity contribution is 8.26. The van der Waals surface area contributed by atoms with E-state index in [1.807, 2.05) is 89.8 Å². The van der Waals surface area contributed by atoms with Crippen molar-refractivity contribution in [3.05, 3.63) is 107 Å². The normalized spacial score (nSPS) is 18.1. The number of carbonyl (C=O) groups excluding carboxylic acids is 1. The third-order valence-corrected chi connectivity index (χ3v) is 7.65. The Balaban J connectivity index is 1.39. The predicted molar refractivity (Wildman–Crippen MR) is 148 cm³/mol. The lowest BCUT2D eigenvalue weighted by Crippen LogP contribution is -2.27. The zero-order valence-electron chi connectivity index (χ0n) is 19.6. The summed E-state index contributed by atoms with van der Waals surface area (Å²) in [5.41, 5.74) is 5.84. The number of carbonyl (C=O) groups is 1. The third-order valence-electron chi connectivity index (χ3n) is 6.28. The second-order valence-electron chi connectivity index (χ2n) is 8.92. The molecule has 1 amide bonds. The van der Waals surface area contributed by atoms with E-state index in [1.165, 1.54) is 17.3 Å². The first-order valence-electron chi connectivity index (χ1n) is 11.8. The van der Waals surface area contributed by atoms with Crippen LogP contribution in [0.5, 0.6) is 5.75 Å². The molecule has 3 heterocycles. The van der Waals surface area contributed by atoms with E-state index in [9.17, 15) is 4.79 Å². The van der Waals surface area contributed by atoms with Gasteiger partial charge in [0.2, 0.25) is 0 Å². The van der Waals surface area contributed by atoms with Crippen LogP contribution in [0.1, 0.15) is 23.6 Å². The van der Waals surface area contributed by atoms with Gasteiger partial charge in [-0.25, -0.2) is 4.68 Å². The van der Waals surface area contributed by atoms with Gasteiger partial charge in [0.1, 0.15) is 21.9 Å². The molecule has 0 saturated carbocycles. The number of aromatic nitrogens is 2. The standard InChI is InChI=1S/C29H23N3O2S2/c1-19-14-22-15-21(12-13-25(22)34-19)27-23(18-32(30-27)24-10-6-3-7-11-24)16-26-28(33)31(29(35)36-26)17-20-8-4-2-5-9-20/h2-13,15-16,18-19H,14,17H2,1H3/b26-16-/t19-/m0/s1. The molecular weight excluding hydrogens is 486 g/mol. The van der Waals surface area contributed by atoms with Gasteiger partial charge in [0, 0.05) is 23.7 Å². The van der Waals surface area contributed by atoms with Gasteiger partial charge >= 0.3 is 0 Å². The lowest BCUT2D eigenvalue weighted by atomic mass is 10.0. The van der Waals surface area contributed by atoms with E-state index in [2.05, 4.69) is 13.0 Å². The van der Waals surface area contributed by atoms with E-state index < -0.39 is 0 Å². The Hall–Kier alpha value is -3.68. The molecule has 0 aliphatic carbocycles. The Bertz CT molecular complexity index is 1500. The lowest BCUT2D eigenvalue weighted by molar-refractivity contribution is -0.122. The van der Waals surface area contributed by atoms with Gasteiger partial charge in [-0.05, 0) is 54.5 Å². The number of hydrogen-bond acceptors (Lipinski definition) is 5. The largest absolute Gasteiger partial charge is 0.490 e. The molecule has 1 aromatic heterocycles. The highest BCUT2D eigenvalue weighted by Crippen LogP contribution is 2.37. The Kier molecular flexibility index (Phi) is 5.95. The monoisotopic (exact) mass is 509 g/mol. The van der Waals surface area contributed by atoms with Crippen LogP contribution in [0.4, 0.5) is 0 Å². The highest BCUT2D eigenvalue weighted by Gasteiger charge is 2.32. The Morgan fingerprint density at radius 2 is 1.83 bits per heavy atom. The summed E-state index contributed by atoms with van der Waals surface area (Å²) in [7, 11) is 0. The van der Waals surface area contributed by atoms with Crippen LogP contribution in [0, 0.1) is 0 Å². The Morgan fingerprint density at radius 3 is 2.61 bits per heavy atom. The number of nitrogens with zero attached hydrogens (tertiary/aromatic N) is 3. The molecule has 0 bridgehead atoms. The molecule has 0 N–H and O–H groups in total. The molecular formula is C29H23N3O2S2. The number of ether oxygens (including phenoxy) is 1. The molecule has 2 aliphatic heterocycles. The molecule has 0 spiro atoms. The van der Waals surface area contributed by atoms with Crippen LogP contribution in [0.25, 0.3) is 23.0 Å². The summed E-state index contributed by atoms with van der Waals surface area (Å²) in [4.78, 5) is 15.6. The molecule has 6 rings (SSSR count). The average molecular weight is 510 g/mol. The van der Waals surface area contributed by atoms with Crippen LogP contribution in [-0.4, -0.2) is 31.0 Å². The minimum Gasteiger partial charge on any atom is -0.490 e. The smallest absolute Gasteiger partial charge is 0.266 e. The van der Waals surface area contributed by atoms with Crippen molar-refractivity contribution in [1.29, 1.82) is 0 Å². The van der Waals surface area contributed by atoms with Crippen LogP contribution in [0.2, 0.25) is 0 Å². The molecule has 1 fully saturated rings. The fraction of sp³-hybridized carbons (Fsp3) is 0.138. The molecule has 178 valence electrons. The fourth-order valence-electron chi connectivity index (χ4n) is 4.54. The molecule has 4 aromatic rings. The van der Waals surface area contributed by atoms with Crippen LogP contribution < -0.4 is 4.74 Å². The molecule has 0 unspecified atom stereocenters. The van der Waals surface area contributed by atoms with Crippen LogP contribution >= 0.6 is 24.0 Å². The number of para-hydroxylation sites is 1. The zero-order valence-corrected chi connectivity index (χ0v) is 21.3. The molecule has 2 aliphatic rings. The summed E-state index contributed by atoms with van der Waals surface area (Å²) in [6, 6.07) is 26.1. The maximum atomic E-state index is 13.3. The van der Waals surface area contributed by atoms with E-state index in [1.54, 1.807) is 4.90 Å². The fourth-order valence-corrected chi connectivity index (χ4v) is 5.79. The predicted octanol–water partition coefficient (Wildman–Crippen LogP) is 6.26. The maximum absolute atomic E-state index is 13.3. The number of amides is 1. The van der Waals surface area contributed by atoms with Crippen LogP contribution in [-0.2, 0) is 17.8 Å². The number of benzene rings is 3. The van der Waals surface area contributed by atoms with E-state index in [4.69, 9.17) is 22.1 Å². The minimum absolute atomic E-state index is 0.0801. The Morgan fingerprint density at radius 1 is 1.08 bits per heavy atom. The van der Waals surface area contributed by atoms with Gasteiger partial charge in [-0.3, -0.25) is 9.69 Å². The second-order valence-corrected chi connectivity index (χ2v) is 10.6. The topological polar surface area (TPSA) is 47.4 Å².